The van der Waals surface area contributed by atoms with Crippen LogP contribution in [0.3, 0.4) is 0 Å². The first kappa shape index (κ1) is 23.4. The number of nitrogens with zero attached hydrogens (tertiary/aromatic N) is 2. The van der Waals surface area contributed by atoms with E-state index < -0.39 is 5.82 Å². The lowest BCUT2D eigenvalue weighted by molar-refractivity contribution is 0.0300. The molecular weight excluding hydrogens is 393 g/mol. The van der Waals surface area contributed by atoms with Crippen LogP contribution in [0.25, 0.3) is 0 Å². The molecule has 0 aliphatic carbocycles. The van der Waals surface area contributed by atoms with E-state index in [1.807, 2.05) is 12.1 Å². The zero-order chi connectivity index (χ0) is 22.4. The zero-order valence-corrected chi connectivity index (χ0v) is 19.0. The van der Waals surface area contributed by atoms with Crippen molar-refractivity contribution >= 4 is 5.91 Å². The van der Waals surface area contributed by atoms with Crippen molar-refractivity contribution < 1.29 is 13.9 Å². The number of methoxy groups -OCH3 is 1. The van der Waals surface area contributed by atoms with Crippen molar-refractivity contribution in [2.24, 2.45) is 0 Å². The van der Waals surface area contributed by atoms with Crippen molar-refractivity contribution in [3.8, 4) is 0 Å². The minimum atomic E-state index is -0.495. The van der Waals surface area contributed by atoms with E-state index in [9.17, 15) is 9.18 Å². The van der Waals surface area contributed by atoms with E-state index in [4.69, 9.17) is 4.74 Å². The van der Waals surface area contributed by atoms with E-state index in [2.05, 4.69) is 29.0 Å². The lowest BCUT2D eigenvalue weighted by Gasteiger charge is -2.46. The standard InChI is InChI=1S/C25H34FN3O2/c1-5-20-10-13-25(6-2,29(20)16-17-31-4)23(19-11-14-27-15-12-19)28-24(30)22-18(3)8-7-9-21(22)26/h7-9,11-12,14-15,20,23H,5-6,10,13,16-17H2,1-4H3,(H,28,30). The van der Waals surface area contributed by atoms with Crippen LogP contribution < -0.4 is 5.32 Å². The number of rotatable bonds is 9. The average molecular weight is 428 g/mol. The van der Waals surface area contributed by atoms with E-state index in [1.54, 1.807) is 38.6 Å². The van der Waals surface area contributed by atoms with Crippen LogP contribution in [0.2, 0.25) is 0 Å². The molecule has 1 aromatic carbocycles. The largest absolute Gasteiger partial charge is 0.383 e. The molecule has 0 saturated carbocycles. The molecule has 3 unspecified atom stereocenters. The summed E-state index contributed by atoms with van der Waals surface area (Å²) in [6.45, 7) is 7.56. The fourth-order valence-corrected chi connectivity index (χ4v) is 5.20. The number of nitrogens with one attached hydrogen (secondary N) is 1. The minimum Gasteiger partial charge on any atom is -0.383 e. The molecule has 1 fully saturated rings. The smallest absolute Gasteiger partial charge is 0.255 e. The monoisotopic (exact) mass is 427 g/mol. The molecule has 168 valence electrons. The molecule has 0 spiro atoms. The SMILES string of the molecule is CCC1CCC(CC)(C(NC(=O)c2c(C)cccc2F)c2ccncc2)N1CCOC. The van der Waals surface area contributed by atoms with Gasteiger partial charge in [-0.15, -0.1) is 0 Å². The minimum absolute atomic E-state index is 0.112. The number of aryl methyl sites for hydroxylation is 1. The van der Waals surface area contributed by atoms with Crippen molar-refractivity contribution in [2.45, 2.75) is 64.1 Å². The molecule has 0 bridgehead atoms. The number of carbonyl (C=O) groups excluding carboxylic acids is 1. The zero-order valence-electron chi connectivity index (χ0n) is 19.0. The second-order valence-electron chi connectivity index (χ2n) is 8.36. The summed E-state index contributed by atoms with van der Waals surface area (Å²) in [6, 6.07) is 8.76. The average Bonchev–Trinajstić information content (AvgIpc) is 3.14. The van der Waals surface area contributed by atoms with Crippen molar-refractivity contribution in [3.05, 3.63) is 65.2 Å². The summed E-state index contributed by atoms with van der Waals surface area (Å²) in [4.78, 5) is 20.0. The van der Waals surface area contributed by atoms with Gasteiger partial charge in [-0.05, 0) is 61.9 Å². The Bertz CT molecular complexity index is 856. The molecule has 5 nitrogen and oxygen atoms in total. The number of benzene rings is 1. The highest BCUT2D eigenvalue weighted by Gasteiger charge is 2.50. The Kier molecular flexibility index (Phi) is 7.79. The first-order chi connectivity index (χ1) is 15.0. The molecule has 3 rings (SSSR count). The van der Waals surface area contributed by atoms with E-state index in [0.29, 0.717) is 18.2 Å². The van der Waals surface area contributed by atoms with Crippen LogP contribution in [-0.2, 0) is 4.74 Å². The Hall–Kier alpha value is -2.31. The van der Waals surface area contributed by atoms with Gasteiger partial charge in [0.05, 0.1) is 18.2 Å². The third-order valence-electron chi connectivity index (χ3n) is 6.84. The quantitative estimate of drug-likeness (QED) is 0.632. The molecular formula is C25H34FN3O2. The summed E-state index contributed by atoms with van der Waals surface area (Å²) >= 11 is 0. The normalized spacial score (nSPS) is 22.4. The molecule has 3 atom stereocenters. The lowest BCUT2D eigenvalue weighted by atomic mass is 9.80. The van der Waals surface area contributed by atoms with Gasteiger partial charge in [0.1, 0.15) is 5.82 Å². The highest BCUT2D eigenvalue weighted by Crippen LogP contribution is 2.46. The second kappa shape index (κ2) is 10.3. The lowest BCUT2D eigenvalue weighted by Crippen LogP contribution is -2.56. The maximum Gasteiger partial charge on any atom is 0.255 e. The maximum absolute atomic E-state index is 14.6. The summed E-state index contributed by atoms with van der Waals surface area (Å²) < 4.78 is 20.0. The first-order valence-corrected chi connectivity index (χ1v) is 11.2. The first-order valence-electron chi connectivity index (χ1n) is 11.2. The molecule has 0 radical (unpaired) electrons. The Balaban J connectivity index is 2.05. The maximum atomic E-state index is 14.6. The van der Waals surface area contributed by atoms with Gasteiger partial charge in [-0.25, -0.2) is 4.39 Å². The molecule has 2 heterocycles. The van der Waals surface area contributed by atoms with Crippen LogP contribution in [0.4, 0.5) is 4.39 Å². The molecule has 1 saturated heterocycles. The number of halogens is 1. The third-order valence-corrected chi connectivity index (χ3v) is 6.84. The summed E-state index contributed by atoms with van der Waals surface area (Å²) in [5.41, 5.74) is 1.44. The van der Waals surface area contributed by atoms with E-state index in [1.165, 1.54) is 6.07 Å². The number of aromatic nitrogens is 1. The number of amides is 1. The van der Waals surface area contributed by atoms with Gasteiger partial charge >= 0.3 is 0 Å². The third kappa shape index (κ3) is 4.65. The molecule has 6 heteroatoms. The topological polar surface area (TPSA) is 54.5 Å². The van der Waals surface area contributed by atoms with Crippen LogP contribution in [0, 0.1) is 12.7 Å². The molecule has 1 aromatic heterocycles. The summed E-state index contributed by atoms with van der Waals surface area (Å²) in [5, 5.41) is 3.23. The fourth-order valence-electron chi connectivity index (χ4n) is 5.20. The Labute approximate surface area is 185 Å². The fraction of sp³-hybridized carbons (Fsp3) is 0.520. The summed E-state index contributed by atoms with van der Waals surface area (Å²) in [6.07, 6.45) is 7.40. The number of hydrogen-bond donors (Lipinski definition) is 1. The molecule has 1 aliphatic rings. The molecule has 1 amide bonds. The van der Waals surface area contributed by atoms with Crippen LogP contribution >= 0.6 is 0 Å². The molecule has 1 N–H and O–H groups in total. The van der Waals surface area contributed by atoms with Crippen molar-refractivity contribution in [3.63, 3.8) is 0 Å². The van der Waals surface area contributed by atoms with Gasteiger partial charge in [-0.3, -0.25) is 14.7 Å². The van der Waals surface area contributed by atoms with Crippen LogP contribution in [0.5, 0.6) is 0 Å². The highest BCUT2D eigenvalue weighted by molar-refractivity contribution is 5.96. The van der Waals surface area contributed by atoms with Crippen molar-refractivity contribution in [1.29, 1.82) is 0 Å². The number of pyridine rings is 1. The molecule has 1 aliphatic heterocycles. The van der Waals surface area contributed by atoms with E-state index in [0.717, 1.165) is 37.8 Å². The van der Waals surface area contributed by atoms with Gasteiger partial charge in [0.15, 0.2) is 0 Å². The molecule has 31 heavy (non-hydrogen) atoms. The van der Waals surface area contributed by atoms with Crippen molar-refractivity contribution in [2.75, 3.05) is 20.3 Å². The van der Waals surface area contributed by atoms with Gasteiger partial charge in [0.25, 0.3) is 5.91 Å². The Morgan fingerprint density at radius 2 is 2.06 bits per heavy atom. The number of likely N-dealkylation sites (tertiary alicyclic amines) is 1. The predicted octanol–water partition coefficient (Wildman–Crippen LogP) is 4.67. The van der Waals surface area contributed by atoms with E-state index >= 15 is 0 Å². The van der Waals surface area contributed by atoms with Gasteiger partial charge < -0.3 is 10.1 Å². The second-order valence-corrected chi connectivity index (χ2v) is 8.36. The van der Waals surface area contributed by atoms with E-state index in [-0.39, 0.29) is 23.1 Å². The number of carbonyl (C=O) groups is 1. The van der Waals surface area contributed by atoms with Crippen molar-refractivity contribution in [1.82, 2.24) is 15.2 Å². The Morgan fingerprint density at radius 1 is 1.32 bits per heavy atom. The van der Waals surface area contributed by atoms with Gasteiger partial charge in [0.2, 0.25) is 0 Å². The van der Waals surface area contributed by atoms with Crippen LogP contribution in [0.1, 0.15) is 67.1 Å². The number of ether oxygens (including phenoxy) is 1. The highest BCUT2D eigenvalue weighted by atomic mass is 19.1. The summed E-state index contributed by atoms with van der Waals surface area (Å²) in [5.74, 6) is -0.873. The predicted molar refractivity (Wildman–Crippen MR) is 120 cm³/mol. The molecule has 2 aromatic rings. The van der Waals surface area contributed by atoms with Crippen LogP contribution in [-0.4, -0.2) is 47.6 Å². The van der Waals surface area contributed by atoms with Gasteiger partial charge in [-0.1, -0.05) is 26.0 Å². The van der Waals surface area contributed by atoms with Gasteiger partial charge in [0, 0.05) is 37.6 Å². The van der Waals surface area contributed by atoms with Gasteiger partial charge in [-0.2, -0.15) is 0 Å². The van der Waals surface area contributed by atoms with Crippen LogP contribution in [0.15, 0.2) is 42.7 Å². The summed E-state index contributed by atoms with van der Waals surface area (Å²) in [7, 11) is 1.72. The number of hydrogen-bond acceptors (Lipinski definition) is 4. The Morgan fingerprint density at radius 3 is 2.68 bits per heavy atom.